The van der Waals surface area contributed by atoms with Crippen LogP contribution in [0.2, 0.25) is 0 Å². The van der Waals surface area contributed by atoms with Gasteiger partial charge in [0.1, 0.15) is 0 Å². The van der Waals surface area contributed by atoms with Gasteiger partial charge < -0.3 is 0 Å². The Morgan fingerprint density at radius 2 is 1.82 bits per heavy atom. The van der Waals surface area contributed by atoms with Crippen molar-refractivity contribution < 1.29 is 4.79 Å². The lowest BCUT2D eigenvalue weighted by atomic mass is 9.84. The maximum atomic E-state index is 12.4. The van der Waals surface area contributed by atoms with Gasteiger partial charge in [0, 0.05) is 6.42 Å². The Labute approximate surface area is 108 Å². The Hall–Kier alpha value is -0.370. The minimum absolute atomic E-state index is 0.278. The molecule has 0 saturated heterocycles. The van der Waals surface area contributed by atoms with Crippen LogP contribution in [0, 0.1) is 5.92 Å². The average Bonchev–Trinajstić information content (AvgIpc) is 2.32. The molecule has 0 fully saturated rings. The fourth-order valence-electron chi connectivity index (χ4n) is 2.19. The molecule has 0 spiro atoms. The standard InChI is InChI=1S/C15H31NO/c1-7-10-11-13(8-2)12-14(17)15(4,9-3)16(5)6/h13H,7-12H2,1-6H3. The fraction of sp³-hybridized carbons (Fsp3) is 0.933. The zero-order valence-corrected chi connectivity index (χ0v) is 12.7. The average molecular weight is 241 g/mol. The number of hydrogen-bond acceptors (Lipinski definition) is 2. The molecule has 0 aromatic heterocycles. The van der Waals surface area contributed by atoms with Crippen LogP contribution in [0.1, 0.15) is 66.2 Å². The lowest BCUT2D eigenvalue weighted by molar-refractivity contribution is -0.130. The number of ketones is 1. The lowest BCUT2D eigenvalue weighted by Crippen LogP contribution is -2.48. The molecule has 0 radical (unpaired) electrons. The normalized spacial score (nSPS) is 16.9. The second-order valence-corrected chi connectivity index (χ2v) is 5.57. The largest absolute Gasteiger partial charge is 0.298 e. The van der Waals surface area contributed by atoms with Crippen LogP contribution in [0.5, 0.6) is 0 Å². The molecule has 2 atom stereocenters. The van der Waals surface area contributed by atoms with Crippen molar-refractivity contribution in [2.24, 2.45) is 5.92 Å². The van der Waals surface area contributed by atoms with Gasteiger partial charge in [-0.25, -0.2) is 0 Å². The van der Waals surface area contributed by atoms with Gasteiger partial charge in [-0.2, -0.15) is 0 Å². The Kier molecular flexibility index (Phi) is 7.69. The highest BCUT2D eigenvalue weighted by molar-refractivity contribution is 5.88. The number of likely N-dealkylation sites (N-methyl/N-ethyl adjacent to an activating group) is 1. The summed E-state index contributed by atoms with van der Waals surface area (Å²) < 4.78 is 0. The number of unbranched alkanes of at least 4 members (excludes halogenated alkanes) is 1. The van der Waals surface area contributed by atoms with Crippen molar-refractivity contribution in [2.45, 2.75) is 71.8 Å². The van der Waals surface area contributed by atoms with E-state index in [1.54, 1.807) is 0 Å². The Bertz CT molecular complexity index is 225. The number of nitrogens with zero attached hydrogens (tertiary/aromatic N) is 1. The van der Waals surface area contributed by atoms with Crippen molar-refractivity contribution in [1.82, 2.24) is 4.90 Å². The zero-order chi connectivity index (χ0) is 13.5. The summed E-state index contributed by atoms with van der Waals surface area (Å²) in [5.74, 6) is 0.987. The minimum atomic E-state index is -0.278. The lowest BCUT2D eigenvalue weighted by Gasteiger charge is -2.35. The van der Waals surface area contributed by atoms with Gasteiger partial charge in [-0.3, -0.25) is 9.69 Å². The van der Waals surface area contributed by atoms with Gasteiger partial charge in [-0.15, -0.1) is 0 Å². The maximum absolute atomic E-state index is 12.4. The summed E-state index contributed by atoms with van der Waals surface area (Å²) in [5.41, 5.74) is -0.278. The van der Waals surface area contributed by atoms with Crippen LogP contribution in [0.4, 0.5) is 0 Å². The summed E-state index contributed by atoms with van der Waals surface area (Å²) in [5, 5.41) is 0. The number of hydrogen-bond donors (Lipinski definition) is 0. The molecule has 0 aromatic rings. The molecule has 0 amide bonds. The Morgan fingerprint density at radius 1 is 1.24 bits per heavy atom. The highest BCUT2D eigenvalue weighted by Crippen LogP contribution is 2.25. The molecule has 0 aliphatic heterocycles. The van der Waals surface area contributed by atoms with Crippen molar-refractivity contribution >= 4 is 5.78 Å². The molecular weight excluding hydrogens is 210 g/mol. The summed E-state index contributed by atoms with van der Waals surface area (Å²) in [6.07, 6.45) is 6.44. The van der Waals surface area contributed by atoms with Crippen LogP contribution >= 0.6 is 0 Å². The van der Waals surface area contributed by atoms with Crippen LogP contribution < -0.4 is 0 Å². The van der Waals surface area contributed by atoms with Crippen LogP contribution in [-0.2, 0) is 4.79 Å². The van der Waals surface area contributed by atoms with Crippen molar-refractivity contribution in [2.75, 3.05) is 14.1 Å². The van der Waals surface area contributed by atoms with E-state index in [0.29, 0.717) is 11.7 Å². The van der Waals surface area contributed by atoms with Gasteiger partial charge in [0.2, 0.25) is 0 Å². The van der Waals surface area contributed by atoms with E-state index < -0.39 is 0 Å². The van der Waals surface area contributed by atoms with Crippen LogP contribution in [-0.4, -0.2) is 30.3 Å². The molecule has 0 N–H and O–H groups in total. The van der Waals surface area contributed by atoms with Gasteiger partial charge in [0.25, 0.3) is 0 Å². The SMILES string of the molecule is CCCCC(CC)CC(=O)C(C)(CC)N(C)C. The molecule has 17 heavy (non-hydrogen) atoms. The summed E-state index contributed by atoms with van der Waals surface area (Å²) >= 11 is 0. The second-order valence-electron chi connectivity index (χ2n) is 5.57. The first-order chi connectivity index (χ1) is 7.92. The van der Waals surface area contributed by atoms with Gasteiger partial charge >= 0.3 is 0 Å². The molecule has 0 heterocycles. The topological polar surface area (TPSA) is 20.3 Å². The van der Waals surface area contributed by atoms with E-state index in [4.69, 9.17) is 0 Å². The summed E-state index contributed by atoms with van der Waals surface area (Å²) in [7, 11) is 4.02. The van der Waals surface area contributed by atoms with Crippen LogP contribution in [0.15, 0.2) is 0 Å². The van der Waals surface area contributed by atoms with E-state index in [1.807, 2.05) is 14.1 Å². The maximum Gasteiger partial charge on any atom is 0.153 e. The first-order valence-corrected chi connectivity index (χ1v) is 7.13. The molecule has 2 unspecified atom stereocenters. The molecule has 0 aliphatic rings. The molecule has 2 nitrogen and oxygen atoms in total. The molecule has 2 heteroatoms. The van der Waals surface area contributed by atoms with E-state index in [-0.39, 0.29) is 5.54 Å². The van der Waals surface area contributed by atoms with E-state index in [9.17, 15) is 4.79 Å². The predicted molar refractivity (Wildman–Crippen MR) is 75.3 cm³/mol. The molecule has 0 saturated carbocycles. The van der Waals surface area contributed by atoms with Gasteiger partial charge in [-0.1, -0.05) is 46.5 Å². The second kappa shape index (κ2) is 7.86. The molecule has 0 rings (SSSR count). The first-order valence-electron chi connectivity index (χ1n) is 7.13. The van der Waals surface area contributed by atoms with Crippen LogP contribution in [0.25, 0.3) is 0 Å². The number of Topliss-reactive ketones (excluding diaryl/α,β-unsaturated/α-hetero) is 1. The predicted octanol–water partition coefficient (Wildman–Crippen LogP) is 3.89. The van der Waals surface area contributed by atoms with Crippen molar-refractivity contribution in [3.63, 3.8) is 0 Å². The van der Waals surface area contributed by atoms with Gasteiger partial charge in [0.05, 0.1) is 5.54 Å². The number of carbonyl (C=O) groups excluding carboxylic acids is 1. The highest BCUT2D eigenvalue weighted by Gasteiger charge is 2.33. The Morgan fingerprint density at radius 3 is 2.18 bits per heavy atom. The van der Waals surface area contributed by atoms with Gasteiger partial charge in [-0.05, 0) is 33.4 Å². The third-order valence-corrected chi connectivity index (χ3v) is 4.29. The summed E-state index contributed by atoms with van der Waals surface area (Å²) in [6, 6.07) is 0. The molecule has 102 valence electrons. The zero-order valence-electron chi connectivity index (χ0n) is 12.7. The van der Waals surface area contributed by atoms with E-state index in [2.05, 4.69) is 32.6 Å². The molecular formula is C15H31NO. The number of rotatable bonds is 9. The Balaban J connectivity index is 4.48. The van der Waals surface area contributed by atoms with Gasteiger partial charge in [0.15, 0.2) is 5.78 Å². The van der Waals surface area contributed by atoms with Crippen molar-refractivity contribution in [1.29, 1.82) is 0 Å². The minimum Gasteiger partial charge on any atom is -0.298 e. The van der Waals surface area contributed by atoms with E-state index in [0.717, 1.165) is 19.3 Å². The van der Waals surface area contributed by atoms with Crippen molar-refractivity contribution in [3.05, 3.63) is 0 Å². The smallest absolute Gasteiger partial charge is 0.153 e. The molecule has 0 aliphatic carbocycles. The van der Waals surface area contributed by atoms with Crippen molar-refractivity contribution in [3.8, 4) is 0 Å². The quantitative estimate of drug-likeness (QED) is 0.610. The van der Waals surface area contributed by atoms with E-state index >= 15 is 0 Å². The van der Waals surface area contributed by atoms with Crippen LogP contribution in [0.3, 0.4) is 0 Å². The monoisotopic (exact) mass is 241 g/mol. The highest BCUT2D eigenvalue weighted by atomic mass is 16.1. The molecule has 0 aromatic carbocycles. The third kappa shape index (κ3) is 4.79. The summed E-state index contributed by atoms with van der Waals surface area (Å²) in [4.78, 5) is 14.5. The third-order valence-electron chi connectivity index (χ3n) is 4.29. The fourth-order valence-corrected chi connectivity index (χ4v) is 2.19. The molecule has 0 bridgehead atoms. The summed E-state index contributed by atoms with van der Waals surface area (Å²) in [6.45, 7) is 8.59. The van der Waals surface area contributed by atoms with E-state index in [1.165, 1.54) is 19.3 Å². The number of carbonyl (C=O) groups is 1. The first kappa shape index (κ1) is 16.6.